The quantitative estimate of drug-likeness (QED) is 0.844. The van der Waals surface area contributed by atoms with Crippen molar-refractivity contribution in [3.8, 4) is 0 Å². The Balaban J connectivity index is 2.07. The molecule has 0 bridgehead atoms. The van der Waals surface area contributed by atoms with E-state index in [1.165, 1.54) is 22.9 Å². The number of hydrogen-bond donors (Lipinski definition) is 1. The standard InChI is InChI=1S/C12H15N3OS/c1-8-5-4-6-9(2)11(8)13-7-10-14-15-12(16-10)17-3/h4-6,13H,7H2,1-3H3. The molecule has 2 rings (SSSR count). The summed E-state index contributed by atoms with van der Waals surface area (Å²) in [6.45, 7) is 4.71. The second-order valence-corrected chi connectivity index (χ2v) is 4.54. The number of aryl methyl sites for hydroxylation is 2. The highest BCUT2D eigenvalue weighted by Crippen LogP contribution is 2.20. The van der Waals surface area contributed by atoms with Crippen LogP contribution in [0.1, 0.15) is 17.0 Å². The fourth-order valence-corrected chi connectivity index (χ4v) is 1.95. The molecule has 1 heterocycles. The SMILES string of the molecule is CSc1nnc(CNc2c(C)cccc2C)o1. The van der Waals surface area contributed by atoms with Crippen molar-refractivity contribution in [2.75, 3.05) is 11.6 Å². The molecule has 90 valence electrons. The van der Waals surface area contributed by atoms with Gasteiger partial charge in [0.1, 0.15) is 0 Å². The van der Waals surface area contributed by atoms with Gasteiger partial charge in [-0.05, 0) is 31.2 Å². The van der Waals surface area contributed by atoms with Gasteiger partial charge < -0.3 is 9.73 Å². The molecule has 0 saturated carbocycles. The first-order valence-electron chi connectivity index (χ1n) is 5.37. The third-order valence-electron chi connectivity index (χ3n) is 2.52. The lowest BCUT2D eigenvalue weighted by molar-refractivity contribution is 0.419. The monoisotopic (exact) mass is 249 g/mol. The van der Waals surface area contributed by atoms with Crippen molar-refractivity contribution in [3.05, 3.63) is 35.2 Å². The lowest BCUT2D eigenvalue weighted by Crippen LogP contribution is -2.03. The molecule has 0 aliphatic heterocycles. The number of para-hydroxylation sites is 1. The van der Waals surface area contributed by atoms with Gasteiger partial charge in [-0.1, -0.05) is 30.0 Å². The summed E-state index contributed by atoms with van der Waals surface area (Å²) in [4.78, 5) is 0. The van der Waals surface area contributed by atoms with Crippen LogP contribution in [0.25, 0.3) is 0 Å². The molecule has 5 heteroatoms. The molecule has 0 aliphatic carbocycles. The maximum atomic E-state index is 5.41. The molecule has 1 N–H and O–H groups in total. The number of nitrogens with one attached hydrogen (secondary N) is 1. The van der Waals surface area contributed by atoms with Crippen LogP contribution in [0, 0.1) is 13.8 Å². The minimum Gasteiger partial charge on any atom is -0.414 e. The Bertz CT molecular complexity index is 490. The molecule has 17 heavy (non-hydrogen) atoms. The van der Waals surface area contributed by atoms with Crippen molar-refractivity contribution in [3.63, 3.8) is 0 Å². The van der Waals surface area contributed by atoms with E-state index in [-0.39, 0.29) is 0 Å². The van der Waals surface area contributed by atoms with Crippen LogP contribution in [-0.4, -0.2) is 16.5 Å². The lowest BCUT2D eigenvalue weighted by atomic mass is 10.1. The minimum atomic E-state index is 0.555. The van der Waals surface area contributed by atoms with Crippen LogP contribution in [0.3, 0.4) is 0 Å². The molecular weight excluding hydrogens is 234 g/mol. The number of rotatable bonds is 4. The van der Waals surface area contributed by atoms with E-state index in [4.69, 9.17) is 4.42 Å². The van der Waals surface area contributed by atoms with E-state index in [9.17, 15) is 0 Å². The second-order valence-electron chi connectivity index (χ2n) is 3.79. The maximum Gasteiger partial charge on any atom is 0.276 e. The van der Waals surface area contributed by atoms with Gasteiger partial charge in [-0.15, -0.1) is 10.2 Å². The number of thioether (sulfide) groups is 1. The van der Waals surface area contributed by atoms with Crippen molar-refractivity contribution < 1.29 is 4.42 Å². The topological polar surface area (TPSA) is 51.0 Å². The van der Waals surface area contributed by atoms with Crippen molar-refractivity contribution in [1.82, 2.24) is 10.2 Å². The first-order valence-corrected chi connectivity index (χ1v) is 6.59. The van der Waals surface area contributed by atoms with Gasteiger partial charge in [-0.2, -0.15) is 0 Å². The van der Waals surface area contributed by atoms with Gasteiger partial charge in [0.25, 0.3) is 5.22 Å². The summed E-state index contributed by atoms with van der Waals surface area (Å²) >= 11 is 1.45. The molecule has 1 aromatic heterocycles. The number of benzene rings is 1. The molecule has 4 nitrogen and oxygen atoms in total. The van der Waals surface area contributed by atoms with Gasteiger partial charge in [0.2, 0.25) is 5.89 Å². The van der Waals surface area contributed by atoms with E-state index in [1.54, 1.807) is 0 Å². The number of aromatic nitrogens is 2. The lowest BCUT2D eigenvalue weighted by Gasteiger charge is -2.10. The average Bonchev–Trinajstić information content (AvgIpc) is 2.76. The maximum absolute atomic E-state index is 5.41. The van der Waals surface area contributed by atoms with Crippen LogP contribution in [0.5, 0.6) is 0 Å². The van der Waals surface area contributed by atoms with Gasteiger partial charge in [-0.3, -0.25) is 0 Å². The van der Waals surface area contributed by atoms with E-state index in [0.717, 1.165) is 5.69 Å². The van der Waals surface area contributed by atoms with E-state index in [1.807, 2.05) is 12.3 Å². The van der Waals surface area contributed by atoms with Crippen LogP contribution in [0.15, 0.2) is 27.8 Å². The van der Waals surface area contributed by atoms with Gasteiger partial charge in [0.15, 0.2) is 0 Å². The van der Waals surface area contributed by atoms with Crippen molar-refractivity contribution in [2.45, 2.75) is 25.6 Å². The van der Waals surface area contributed by atoms with Gasteiger partial charge in [0, 0.05) is 5.69 Å². The van der Waals surface area contributed by atoms with Crippen molar-refractivity contribution in [2.24, 2.45) is 0 Å². The minimum absolute atomic E-state index is 0.555. The Hall–Kier alpha value is -1.49. The Morgan fingerprint density at radius 1 is 1.24 bits per heavy atom. The van der Waals surface area contributed by atoms with Gasteiger partial charge in [0.05, 0.1) is 6.54 Å². The highest BCUT2D eigenvalue weighted by Gasteiger charge is 2.06. The number of anilines is 1. The summed E-state index contributed by atoms with van der Waals surface area (Å²) in [6.07, 6.45) is 1.91. The largest absolute Gasteiger partial charge is 0.414 e. The molecule has 2 aromatic rings. The molecule has 0 unspecified atom stereocenters. The van der Waals surface area contributed by atoms with Crippen LogP contribution in [-0.2, 0) is 6.54 Å². The Morgan fingerprint density at radius 2 is 1.94 bits per heavy atom. The molecule has 0 aliphatic rings. The zero-order valence-corrected chi connectivity index (χ0v) is 11.0. The summed E-state index contributed by atoms with van der Waals surface area (Å²) in [6, 6.07) is 6.21. The third kappa shape index (κ3) is 2.79. The summed E-state index contributed by atoms with van der Waals surface area (Å²) < 4.78 is 5.41. The smallest absolute Gasteiger partial charge is 0.276 e. The molecule has 0 atom stereocenters. The van der Waals surface area contributed by atoms with Crippen LogP contribution in [0.2, 0.25) is 0 Å². The normalized spacial score (nSPS) is 10.5. The molecule has 1 aromatic carbocycles. The fraction of sp³-hybridized carbons (Fsp3) is 0.333. The van der Waals surface area contributed by atoms with Crippen molar-refractivity contribution in [1.29, 1.82) is 0 Å². The van der Waals surface area contributed by atoms with E-state index in [0.29, 0.717) is 17.7 Å². The Labute approximate surface area is 105 Å². The molecule has 0 radical (unpaired) electrons. The Kier molecular flexibility index (Phi) is 3.68. The summed E-state index contributed by atoms with van der Waals surface area (Å²) in [7, 11) is 0. The predicted octanol–water partition coefficient (Wildman–Crippen LogP) is 3.02. The average molecular weight is 249 g/mol. The van der Waals surface area contributed by atoms with Gasteiger partial charge >= 0.3 is 0 Å². The molecular formula is C12H15N3OS. The highest BCUT2D eigenvalue weighted by atomic mass is 32.2. The number of hydrogen-bond acceptors (Lipinski definition) is 5. The third-order valence-corrected chi connectivity index (χ3v) is 3.03. The Morgan fingerprint density at radius 3 is 2.53 bits per heavy atom. The van der Waals surface area contributed by atoms with E-state index < -0.39 is 0 Å². The molecule has 0 saturated heterocycles. The van der Waals surface area contributed by atoms with E-state index in [2.05, 4.69) is 41.5 Å². The highest BCUT2D eigenvalue weighted by molar-refractivity contribution is 7.98. The second kappa shape index (κ2) is 5.23. The summed E-state index contributed by atoms with van der Waals surface area (Å²) in [5.41, 5.74) is 3.57. The molecule has 0 spiro atoms. The summed E-state index contributed by atoms with van der Waals surface area (Å²) in [5.74, 6) is 0.608. The zero-order chi connectivity index (χ0) is 12.3. The fourth-order valence-electron chi connectivity index (χ4n) is 1.65. The van der Waals surface area contributed by atoms with E-state index >= 15 is 0 Å². The number of nitrogens with zero attached hydrogens (tertiary/aromatic N) is 2. The van der Waals surface area contributed by atoms with Crippen LogP contribution >= 0.6 is 11.8 Å². The van der Waals surface area contributed by atoms with Crippen LogP contribution < -0.4 is 5.32 Å². The first kappa shape index (κ1) is 12.0. The first-order chi connectivity index (χ1) is 8.20. The molecule has 0 amide bonds. The van der Waals surface area contributed by atoms with Gasteiger partial charge in [-0.25, -0.2) is 0 Å². The van der Waals surface area contributed by atoms with Crippen LogP contribution in [0.4, 0.5) is 5.69 Å². The zero-order valence-electron chi connectivity index (χ0n) is 10.2. The summed E-state index contributed by atoms with van der Waals surface area (Å²) in [5, 5.41) is 11.8. The van der Waals surface area contributed by atoms with Crippen molar-refractivity contribution >= 4 is 17.4 Å². The molecule has 0 fully saturated rings. The predicted molar refractivity (Wildman–Crippen MR) is 69.3 cm³/mol.